The smallest absolute Gasteiger partial charge is 0.170 e. The van der Waals surface area contributed by atoms with Gasteiger partial charge in [0.15, 0.2) is 5.78 Å². The van der Waals surface area contributed by atoms with Gasteiger partial charge in [-0.3, -0.25) is 4.79 Å². The minimum Gasteiger partial charge on any atom is -0.367 e. The molecule has 0 unspecified atom stereocenters. The number of ketones is 1. The molecule has 2 nitrogen and oxygen atoms in total. The van der Waals surface area contributed by atoms with Gasteiger partial charge in [0.25, 0.3) is 0 Å². The van der Waals surface area contributed by atoms with Crippen LogP contribution in [-0.4, -0.2) is 10.8 Å². The lowest BCUT2D eigenvalue weighted by Crippen LogP contribution is -2.10. The molecule has 0 saturated heterocycles. The minimum atomic E-state index is -0.0256. The van der Waals surface area contributed by atoms with Gasteiger partial charge in [0, 0.05) is 23.4 Å². The van der Waals surface area contributed by atoms with E-state index in [2.05, 4.69) is 4.98 Å². The molecule has 0 bridgehead atoms. The summed E-state index contributed by atoms with van der Waals surface area (Å²) in [5.74, 6) is 0.291. The van der Waals surface area contributed by atoms with Crippen LogP contribution in [0.5, 0.6) is 0 Å². The average Bonchev–Trinajstić information content (AvgIpc) is 2.54. The van der Waals surface area contributed by atoms with Gasteiger partial charge in [-0.25, -0.2) is 0 Å². The highest BCUT2D eigenvalue weighted by molar-refractivity contribution is 6.01. The molecule has 0 spiro atoms. The standard InChI is InChI=1S/C9H11NO/c1-9(3-4-9)8(11)7-2-5-10-6-7/h2,5-6,10H,3-4H2,1H3. The molecule has 1 aromatic heterocycles. The second kappa shape index (κ2) is 1.97. The first-order valence-corrected chi connectivity index (χ1v) is 3.90. The molecule has 1 fully saturated rings. The molecule has 0 atom stereocenters. The molecule has 0 radical (unpaired) electrons. The first-order valence-electron chi connectivity index (χ1n) is 3.90. The highest BCUT2D eigenvalue weighted by Crippen LogP contribution is 2.47. The molecule has 0 aromatic carbocycles. The second-order valence-electron chi connectivity index (χ2n) is 3.49. The summed E-state index contributed by atoms with van der Waals surface area (Å²) in [5, 5.41) is 0. The van der Waals surface area contributed by atoms with E-state index in [-0.39, 0.29) is 5.41 Å². The number of nitrogens with one attached hydrogen (secondary N) is 1. The summed E-state index contributed by atoms with van der Waals surface area (Å²) in [4.78, 5) is 14.5. The van der Waals surface area contributed by atoms with Gasteiger partial charge in [-0.15, -0.1) is 0 Å². The Morgan fingerprint density at radius 1 is 1.64 bits per heavy atom. The highest BCUT2D eigenvalue weighted by Gasteiger charge is 2.44. The SMILES string of the molecule is CC1(C(=O)c2cc[nH]c2)CC1. The molecule has 2 rings (SSSR count). The Balaban J connectivity index is 2.24. The fourth-order valence-corrected chi connectivity index (χ4v) is 1.23. The molecule has 11 heavy (non-hydrogen) atoms. The van der Waals surface area contributed by atoms with Crippen LogP contribution < -0.4 is 0 Å². The summed E-state index contributed by atoms with van der Waals surface area (Å²) in [6.45, 7) is 2.03. The molecule has 1 heterocycles. The van der Waals surface area contributed by atoms with Gasteiger partial charge in [-0.05, 0) is 18.9 Å². The largest absolute Gasteiger partial charge is 0.367 e. The predicted octanol–water partition coefficient (Wildman–Crippen LogP) is 2.00. The van der Waals surface area contributed by atoms with Gasteiger partial charge in [0.05, 0.1) is 0 Å². The minimum absolute atomic E-state index is 0.0256. The van der Waals surface area contributed by atoms with E-state index in [1.807, 2.05) is 13.0 Å². The number of hydrogen-bond acceptors (Lipinski definition) is 1. The lowest BCUT2D eigenvalue weighted by atomic mass is 9.99. The fourth-order valence-electron chi connectivity index (χ4n) is 1.23. The van der Waals surface area contributed by atoms with Gasteiger partial charge in [-0.1, -0.05) is 6.92 Å². The third-order valence-electron chi connectivity index (χ3n) is 2.41. The van der Waals surface area contributed by atoms with Crippen LogP contribution in [0.2, 0.25) is 0 Å². The van der Waals surface area contributed by atoms with Crippen LogP contribution in [0.4, 0.5) is 0 Å². The van der Waals surface area contributed by atoms with E-state index < -0.39 is 0 Å². The maximum atomic E-state index is 11.6. The number of Topliss-reactive ketones (excluding diaryl/α,β-unsaturated/α-hetero) is 1. The van der Waals surface area contributed by atoms with Gasteiger partial charge in [0.2, 0.25) is 0 Å². The van der Waals surface area contributed by atoms with Gasteiger partial charge in [0.1, 0.15) is 0 Å². The molecular weight excluding hydrogens is 138 g/mol. The number of carbonyl (C=O) groups excluding carboxylic acids is 1. The van der Waals surface area contributed by atoms with E-state index in [4.69, 9.17) is 0 Å². The number of hydrogen-bond donors (Lipinski definition) is 1. The van der Waals surface area contributed by atoms with Crippen LogP contribution in [0.25, 0.3) is 0 Å². The van der Waals surface area contributed by atoms with Crippen LogP contribution in [0, 0.1) is 5.41 Å². The summed E-state index contributed by atoms with van der Waals surface area (Å²) >= 11 is 0. The molecule has 2 heteroatoms. The molecule has 1 saturated carbocycles. The van der Waals surface area contributed by atoms with Crippen molar-refractivity contribution >= 4 is 5.78 Å². The van der Waals surface area contributed by atoms with Crippen molar-refractivity contribution in [1.82, 2.24) is 4.98 Å². The lowest BCUT2D eigenvalue weighted by Gasteiger charge is -2.02. The maximum Gasteiger partial charge on any atom is 0.170 e. The molecule has 58 valence electrons. The lowest BCUT2D eigenvalue weighted by molar-refractivity contribution is 0.0913. The van der Waals surface area contributed by atoms with Crippen molar-refractivity contribution in [2.24, 2.45) is 5.41 Å². The Morgan fingerprint density at radius 2 is 2.36 bits per heavy atom. The second-order valence-corrected chi connectivity index (χ2v) is 3.49. The quantitative estimate of drug-likeness (QED) is 0.641. The zero-order valence-corrected chi connectivity index (χ0v) is 6.55. The predicted molar refractivity (Wildman–Crippen MR) is 42.5 cm³/mol. The van der Waals surface area contributed by atoms with E-state index >= 15 is 0 Å². The van der Waals surface area contributed by atoms with Crippen molar-refractivity contribution in [1.29, 1.82) is 0 Å². The van der Waals surface area contributed by atoms with Crippen molar-refractivity contribution in [3.8, 4) is 0 Å². The van der Waals surface area contributed by atoms with Gasteiger partial charge in [-0.2, -0.15) is 0 Å². The molecule has 1 aliphatic rings. The molecule has 1 aliphatic carbocycles. The zero-order valence-electron chi connectivity index (χ0n) is 6.55. The van der Waals surface area contributed by atoms with Crippen LogP contribution >= 0.6 is 0 Å². The van der Waals surface area contributed by atoms with Crippen molar-refractivity contribution in [2.45, 2.75) is 19.8 Å². The van der Waals surface area contributed by atoms with Crippen molar-refractivity contribution in [3.05, 3.63) is 24.0 Å². The van der Waals surface area contributed by atoms with Gasteiger partial charge >= 0.3 is 0 Å². The van der Waals surface area contributed by atoms with Crippen LogP contribution in [-0.2, 0) is 0 Å². The fraction of sp³-hybridized carbons (Fsp3) is 0.444. The molecular formula is C9H11NO. The summed E-state index contributed by atoms with van der Waals surface area (Å²) in [5.41, 5.74) is 0.798. The highest BCUT2D eigenvalue weighted by atomic mass is 16.1. The topological polar surface area (TPSA) is 32.9 Å². The number of H-pyrrole nitrogens is 1. The first kappa shape index (κ1) is 6.65. The van der Waals surface area contributed by atoms with E-state index in [0.717, 1.165) is 18.4 Å². The Labute approximate surface area is 65.6 Å². The summed E-state index contributed by atoms with van der Waals surface area (Å²) < 4.78 is 0. The molecule has 1 N–H and O–H groups in total. The van der Waals surface area contributed by atoms with Crippen LogP contribution in [0.3, 0.4) is 0 Å². The number of rotatable bonds is 2. The van der Waals surface area contributed by atoms with E-state index in [1.54, 1.807) is 12.4 Å². The number of aromatic amines is 1. The molecule has 0 amide bonds. The van der Waals surface area contributed by atoms with Crippen molar-refractivity contribution in [2.75, 3.05) is 0 Å². The third-order valence-corrected chi connectivity index (χ3v) is 2.41. The number of carbonyl (C=O) groups is 1. The van der Waals surface area contributed by atoms with Crippen molar-refractivity contribution < 1.29 is 4.79 Å². The summed E-state index contributed by atoms with van der Waals surface area (Å²) in [6, 6.07) is 1.84. The summed E-state index contributed by atoms with van der Waals surface area (Å²) in [6.07, 6.45) is 5.67. The van der Waals surface area contributed by atoms with Crippen LogP contribution in [0.1, 0.15) is 30.1 Å². The number of aromatic nitrogens is 1. The van der Waals surface area contributed by atoms with Gasteiger partial charge < -0.3 is 4.98 Å². The maximum absolute atomic E-state index is 11.6. The molecule has 1 aromatic rings. The Bertz CT molecular complexity index is 270. The zero-order chi connectivity index (χ0) is 7.90. The Kier molecular flexibility index (Phi) is 1.19. The average molecular weight is 149 g/mol. The van der Waals surface area contributed by atoms with E-state index in [9.17, 15) is 4.79 Å². The third kappa shape index (κ3) is 0.985. The Hall–Kier alpha value is -1.05. The first-order chi connectivity index (χ1) is 5.22. The Morgan fingerprint density at radius 3 is 2.82 bits per heavy atom. The normalized spacial score (nSPS) is 19.7. The summed E-state index contributed by atoms with van der Waals surface area (Å²) in [7, 11) is 0. The van der Waals surface area contributed by atoms with Crippen molar-refractivity contribution in [3.63, 3.8) is 0 Å². The van der Waals surface area contributed by atoms with E-state index in [0.29, 0.717) is 5.78 Å². The van der Waals surface area contributed by atoms with Crippen LogP contribution in [0.15, 0.2) is 18.5 Å². The monoisotopic (exact) mass is 149 g/mol. The molecule has 0 aliphatic heterocycles. The van der Waals surface area contributed by atoms with E-state index in [1.165, 1.54) is 0 Å².